The summed E-state index contributed by atoms with van der Waals surface area (Å²) in [6, 6.07) is 17.3. The molecule has 3 N–H and O–H groups in total. The fraction of sp³-hybridized carbons (Fsp3) is 0.192. The first-order valence-electron chi connectivity index (χ1n) is 10.6. The molecule has 0 heterocycles. The Morgan fingerprint density at radius 2 is 1.51 bits per heavy atom. The molecule has 0 saturated heterocycles. The number of methoxy groups -OCH3 is 2. The highest BCUT2D eigenvalue weighted by Crippen LogP contribution is 2.38. The average molecular weight is 479 g/mol. The first-order chi connectivity index (χ1) is 16.9. The van der Waals surface area contributed by atoms with Gasteiger partial charge in [0.25, 0.3) is 5.91 Å². The minimum Gasteiger partial charge on any atom is -0.508 e. The number of aliphatic carboxylic acids is 1. The lowest BCUT2D eigenvalue weighted by Crippen LogP contribution is -2.45. The average Bonchev–Trinajstić information content (AvgIpc) is 2.87. The van der Waals surface area contributed by atoms with Gasteiger partial charge in [0.2, 0.25) is 0 Å². The Kier molecular flexibility index (Phi) is 8.29. The van der Waals surface area contributed by atoms with Crippen LogP contribution in [-0.4, -0.2) is 55.2 Å². The minimum atomic E-state index is -1.21. The maximum absolute atomic E-state index is 12.8. The van der Waals surface area contributed by atoms with E-state index < -0.39 is 17.9 Å². The fourth-order valence-electron chi connectivity index (χ4n) is 3.54. The number of carboxylic acids is 1. The normalized spacial score (nSPS) is 11.9. The third-order valence-corrected chi connectivity index (χ3v) is 5.25. The number of hydrogen-bond acceptors (Lipinski definition) is 7. The van der Waals surface area contributed by atoms with Crippen LogP contribution < -0.4 is 14.8 Å². The summed E-state index contributed by atoms with van der Waals surface area (Å²) < 4.78 is 10.9. The molecule has 0 fully saturated rings. The number of aromatic hydroxyl groups is 1. The number of carbonyl (C=O) groups is 2. The van der Waals surface area contributed by atoms with Gasteiger partial charge in [-0.05, 0) is 47.5 Å². The van der Waals surface area contributed by atoms with Crippen LogP contribution in [0, 0.1) is 0 Å². The van der Waals surface area contributed by atoms with E-state index in [1.165, 1.54) is 31.4 Å². The number of rotatable bonds is 10. The van der Waals surface area contributed by atoms with Gasteiger partial charge in [0.05, 0.1) is 19.8 Å². The lowest BCUT2D eigenvalue weighted by Gasteiger charge is -2.16. The van der Waals surface area contributed by atoms with Gasteiger partial charge in [0, 0.05) is 12.0 Å². The first-order valence-corrected chi connectivity index (χ1v) is 10.6. The highest BCUT2D eigenvalue weighted by Gasteiger charge is 2.25. The van der Waals surface area contributed by atoms with Crippen LogP contribution in [-0.2, 0) is 20.8 Å². The summed E-state index contributed by atoms with van der Waals surface area (Å²) in [4.78, 5) is 29.5. The number of phenols is 1. The molecule has 3 aromatic carbocycles. The number of nitrogens with zero attached hydrogens (tertiary/aromatic N) is 1. The Bertz CT molecular complexity index is 1180. The Hall–Kier alpha value is -4.53. The van der Waals surface area contributed by atoms with Crippen LogP contribution in [0.5, 0.6) is 17.2 Å². The number of phenolic OH excluding ortho intramolecular Hbond substituents is 1. The van der Waals surface area contributed by atoms with E-state index in [1.807, 2.05) is 30.3 Å². The van der Waals surface area contributed by atoms with Crippen molar-refractivity contribution in [2.45, 2.75) is 12.5 Å². The second-order valence-electron chi connectivity index (χ2n) is 7.47. The molecule has 3 rings (SSSR count). The van der Waals surface area contributed by atoms with Crippen molar-refractivity contribution in [3.05, 3.63) is 77.9 Å². The van der Waals surface area contributed by atoms with Gasteiger partial charge in [-0.1, -0.05) is 35.5 Å². The molecule has 0 aliphatic heterocycles. The van der Waals surface area contributed by atoms with Crippen LogP contribution in [0.15, 0.2) is 71.9 Å². The van der Waals surface area contributed by atoms with Crippen LogP contribution in [0.3, 0.4) is 0 Å². The molecule has 0 aromatic heterocycles. The van der Waals surface area contributed by atoms with E-state index in [1.54, 1.807) is 26.4 Å². The summed E-state index contributed by atoms with van der Waals surface area (Å²) in [5, 5.41) is 25.4. The maximum Gasteiger partial charge on any atom is 0.326 e. The molecule has 0 spiro atoms. The highest BCUT2D eigenvalue weighted by molar-refractivity contribution is 6.45. The standard InChI is InChI=1S/C26H26N2O7/c1-33-21-5-4-6-22(34-2)23(21)17-9-7-16(8-10-17)15-20(26(31)32)27-25(30)24(28-35-3)18-11-13-19(29)14-12-18/h4-14,20,29H,15H2,1-3H3,(H,27,30)(H,31,32)/t20-/m0/s1. The predicted molar refractivity (Wildman–Crippen MR) is 130 cm³/mol. The zero-order valence-corrected chi connectivity index (χ0v) is 19.5. The lowest BCUT2D eigenvalue weighted by atomic mass is 9.99. The summed E-state index contributed by atoms with van der Waals surface area (Å²) in [6.45, 7) is 0. The topological polar surface area (TPSA) is 127 Å². The number of carbonyl (C=O) groups excluding carboxylic acids is 1. The van der Waals surface area contributed by atoms with E-state index in [-0.39, 0.29) is 17.9 Å². The van der Waals surface area contributed by atoms with E-state index in [9.17, 15) is 19.8 Å². The summed E-state index contributed by atoms with van der Waals surface area (Å²) in [6.07, 6.45) is 0.0419. The van der Waals surface area contributed by atoms with Gasteiger partial charge in [-0.2, -0.15) is 0 Å². The van der Waals surface area contributed by atoms with E-state index in [2.05, 4.69) is 10.5 Å². The predicted octanol–water partition coefficient (Wildman–Crippen LogP) is 3.24. The van der Waals surface area contributed by atoms with E-state index in [0.29, 0.717) is 22.6 Å². The van der Waals surface area contributed by atoms with Crippen LogP contribution in [0.2, 0.25) is 0 Å². The second-order valence-corrected chi connectivity index (χ2v) is 7.47. The second kappa shape index (κ2) is 11.6. The number of carboxylic acid groups (broad SMARTS) is 1. The molecule has 182 valence electrons. The van der Waals surface area contributed by atoms with Gasteiger partial charge in [0.1, 0.15) is 30.4 Å². The van der Waals surface area contributed by atoms with E-state index in [0.717, 1.165) is 11.1 Å². The molecular weight excluding hydrogens is 452 g/mol. The summed E-state index contributed by atoms with van der Waals surface area (Å²) in [5.41, 5.74) is 2.56. The molecule has 1 amide bonds. The Morgan fingerprint density at radius 1 is 0.914 bits per heavy atom. The van der Waals surface area contributed by atoms with Crippen LogP contribution in [0.25, 0.3) is 11.1 Å². The van der Waals surface area contributed by atoms with Crippen molar-refractivity contribution in [3.8, 4) is 28.4 Å². The van der Waals surface area contributed by atoms with Crippen LogP contribution >= 0.6 is 0 Å². The molecule has 1 atom stereocenters. The van der Waals surface area contributed by atoms with Gasteiger partial charge >= 0.3 is 5.97 Å². The molecule has 0 saturated carbocycles. The van der Waals surface area contributed by atoms with E-state index in [4.69, 9.17) is 14.3 Å². The van der Waals surface area contributed by atoms with Gasteiger partial charge in [-0.15, -0.1) is 0 Å². The quantitative estimate of drug-likeness (QED) is 0.302. The first kappa shape index (κ1) is 25.1. The highest BCUT2D eigenvalue weighted by atomic mass is 16.6. The number of nitrogens with one attached hydrogen (secondary N) is 1. The summed E-state index contributed by atoms with van der Waals surface area (Å²) in [5.74, 6) is -0.612. The zero-order valence-electron chi connectivity index (χ0n) is 19.5. The number of amides is 1. The Balaban J connectivity index is 1.80. The van der Waals surface area contributed by atoms with Crippen molar-refractivity contribution in [3.63, 3.8) is 0 Å². The largest absolute Gasteiger partial charge is 0.508 e. The van der Waals surface area contributed by atoms with Crippen molar-refractivity contribution in [2.75, 3.05) is 21.3 Å². The molecule has 0 aliphatic carbocycles. The van der Waals surface area contributed by atoms with Crippen LogP contribution in [0.4, 0.5) is 0 Å². The molecule has 0 aliphatic rings. The molecule has 9 heteroatoms. The number of hydrogen-bond donors (Lipinski definition) is 3. The summed E-state index contributed by atoms with van der Waals surface area (Å²) >= 11 is 0. The number of ether oxygens (including phenoxy) is 2. The molecule has 9 nitrogen and oxygen atoms in total. The molecular formula is C26H26N2O7. The SMILES string of the molecule is CON=C(C(=O)N[C@@H](Cc1ccc(-c2c(OC)cccc2OC)cc1)C(=O)O)c1ccc(O)cc1. The van der Waals surface area contributed by atoms with Crippen molar-refractivity contribution in [1.82, 2.24) is 5.32 Å². The van der Waals surface area contributed by atoms with Gasteiger partial charge in [0.15, 0.2) is 5.71 Å². The summed E-state index contributed by atoms with van der Waals surface area (Å²) in [7, 11) is 4.43. The fourth-order valence-corrected chi connectivity index (χ4v) is 3.54. The zero-order chi connectivity index (χ0) is 25.4. The number of benzene rings is 3. The van der Waals surface area contributed by atoms with Gasteiger partial charge in [-0.25, -0.2) is 4.79 Å². The molecule has 35 heavy (non-hydrogen) atoms. The Morgan fingerprint density at radius 3 is 2.03 bits per heavy atom. The van der Waals surface area contributed by atoms with Crippen molar-refractivity contribution in [1.29, 1.82) is 0 Å². The Labute approximate surface area is 202 Å². The molecule has 3 aromatic rings. The third kappa shape index (κ3) is 6.08. The smallest absolute Gasteiger partial charge is 0.326 e. The molecule has 0 bridgehead atoms. The minimum absolute atomic E-state index is 0.0172. The third-order valence-electron chi connectivity index (χ3n) is 5.25. The number of oxime groups is 1. The van der Waals surface area contributed by atoms with Crippen molar-refractivity contribution < 1.29 is 34.1 Å². The van der Waals surface area contributed by atoms with Crippen molar-refractivity contribution >= 4 is 17.6 Å². The lowest BCUT2D eigenvalue weighted by molar-refractivity contribution is -0.141. The van der Waals surface area contributed by atoms with Crippen LogP contribution in [0.1, 0.15) is 11.1 Å². The van der Waals surface area contributed by atoms with Gasteiger partial charge < -0.3 is 29.8 Å². The molecule has 0 unspecified atom stereocenters. The van der Waals surface area contributed by atoms with Gasteiger partial charge in [-0.3, -0.25) is 4.79 Å². The van der Waals surface area contributed by atoms with Crippen molar-refractivity contribution in [2.24, 2.45) is 5.16 Å². The van der Waals surface area contributed by atoms with E-state index >= 15 is 0 Å². The monoisotopic (exact) mass is 478 g/mol. The molecule has 0 radical (unpaired) electrons. The maximum atomic E-state index is 12.8.